The number of benzene rings is 1. The van der Waals surface area contributed by atoms with Gasteiger partial charge in [0.1, 0.15) is 17.1 Å². The van der Waals surface area contributed by atoms with Crippen LogP contribution in [0.2, 0.25) is 0 Å². The van der Waals surface area contributed by atoms with Crippen molar-refractivity contribution in [2.45, 2.75) is 13.3 Å². The molecule has 292 valence electrons. The number of carbonyl (C=O) groups is 4. The van der Waals surface area contributed by atoms with Gasteiger partial charge in [0.15, 0.2) is 28.6 Å². The van der Waals surface area contributed by atoms with Crippen LogP contribution in [-0.2, 0) is 4.74 Å². The number of phenolic OH excluding ortho intramolecular Hbond substituents is 1. The van der Waals surface area contributed by atoms with Crippen molar-refractivity contribution in [1.82, 2.24) is 25.0 Å². The van der Waals surface area contributed by atoms with Gasteiger partial charge < -0.3 is 61.0 Å². The summed E-state index contributed by atoms with van der Waals surface area (Å²) in [4.78, 5) is 82.8. The molecule has 3 aromatic heterocycles. The molecule has 0 saturated carbocycles. The predicted octanol–water partition coefficient (Wildman–Crippen LogP) is 0.998. The molecule has 12 N–H and O–H groups in total. The van der Waals surface area contributed by atoms with Gasteiger partial charge in [-0.05, 0) is 49.8 Å². The summed E-state index contributed by atoms with van der Waals surface area (Å²) in [6.07, 6.45) is 7.08. The first-order valence-corrected chi connectivity index (χ1v) is 14.8. The fraction of sp³-hybridized carbons (Fsp3) is 0.121. The topological polar surface area (TPSA) is 376 Å². The molecule has 1 aliphatic rings. The van der Waals surface area contributed by atoms with Crippen molar-refractivity contribution in [3.63, 3.8) is 0 Å². The second kappa shape index (κ2) is 21.3. The molecule has 1 aromatic carbocycles. The molecule has 1 aliphatic carbocycles. The summed E-state index contributed by atoms with van der Waals surface area (Å²) in [6.45, 7) is 1.49. The Morgan fingerprint density at radius 2 is 1.51 bits per heavy atom. The minimum absolute atomic E-state index is 0.0266. The van der Waals surface area contributed by atoms with E-state index in [9.17, 15) is 33.6 Å². The van der Waals surface area contributed by atoms with E-state index in [-0.39, 0.29) is 38.8 Å². The average Bonchev–Trinajstić information content (AvgIpc) is 3.14. The monoisotopic (exact) mass is 770 g/mol. The Labute approximate surface area is 307 Å². The third kappa shape index (κ3) is 13.5. The zero-order valence-corrected chi connectivity index (χ0v) is 28.8. The van der Waals surface area contributed by atoms with Crippen LogP contribution in [0, 0.1) is 12.3 Å². The number of esters is 1. The number of H-pyrrole nitrogens is 2. The van der Waals surface area contributed by atoms with E-state index in [0.717, 1.165) is 25.7 Å². The number of phenols is 2. The molecule has 0 fully saturated rings. The van der Waals surface area contributed by atoms with E-state index in [1.165, 1.54) is 50.5 Å². The summed E-state index contributed by atoms with van der Waals surface area (Å²) in [5.74, 6) is -5.91. The van der Waals surface area contributed by atoms with E-state index in [1.54, 1.807) is 12.2 Å². The van der Waals surface area contributed by atoms with Crippen LogP contribution in [0.4, 0.5) is 0 Å². The fourth-order valence-electron chi connectivity index (χ4n) is 3.52. The van der Waals surface area contributed by atoms with E-state index in [2.05, 4.69) is 25.0 Å². The van der Waals surface area contributed by atoms with Crippen LogP contribution in [-0.4, -0.2) is 104 Å². The molecular weight excluding hydrogens is 736 g/mol. The lowest BCUT2D eigenvalue weighted by molar-refractivity contribution is 0.0586. The van der Waals surface area contributed by atoms with Crippen molar-refractivity contribution in [2.75, 3.05) is 14.2 Å². The molecule has 5 rings (SSSR count). The number of carboxylic acids is 2. The van der Waals surface area contributed by atoms with Crippen molar-refractivity contribution in [1.29, 1.82) is 5.41 Å². The zero-order chi connectivity index (χ0) is 42.0. The summed E-state index contributed by atoms with van der Waals surface area (Å²) in [7, 11) is 2.56. The Hall–Kier alpha value is -8.17. The van der Waals surface area contributed by atoms with Gasteiger partial charge in [0.05, 0.1) is 18.4 Å². The lowest BCUT2D eigenvalue weighted by Crippen LogP contribution is -2.22. The smallest absolute Gasteiger partial charge is 0.360 e. The van der Waals surface area contributed by atoms with Crippen molar-refractivity contribution in [2.24, 2.45) is 0 Å². The van der Waals surface area contributed by atoms with Crippen LogP contribution < -0.4 is 22.0 Å². The quantitative estimate of drug-likeness (QED) is 0.0782. The van der Waals surface area contributed by atoms with Gasteiger partial charge in [0.25, 0.3) is 22.6 Å². The number of aromatic nitrogens is 4. The highest BCUT2D eigenvalue weighted by Crippen LogP contribution is 2.27. The molecule has 22 nitrogen and oxygen atoms in total. The third-order valence-corrected chi connectivity index (χ3v) is 6.20. The second-order valence-corrected chi connectivity index (χ2v) is 9.97. The molecule has 0 aliphatic heterocycles. The average molecular weight is 771 g/mol. The molecule has 3 heterocycles. The van der Waals surface area contributed by atoms with E-state index < -0.39 is 69.2 Å². The molecule has 0 radical (unpaired) electrons. The van der Waals surface area contributed by atoms with Gasteiger partial charge in [-0.1, -0.05) is 18.2 Å². The molecule has 0 spiro atoms. The zero-order valence-electron chi connectivity index (χ0n) is 28.8. The summed E-state index contributed by atoms with van der Waals surface area (Å²) in [5.41, 5.74) is -3.13. The first-order valence-electron chi connectivity index (χ1n) is 14.8. The molecule has 4 aromatic rings. The van der Waals surface area contributed by atoms with Crippen LogP contribution in [0.5, 0.6) is 23.0 Å². The number of carboxylic acid groups (broad SMARTS) is 2. The summed E-state index contributed by atoms with van der Waals surface area (Å²) >= 11 is 0. The van der Waals surface area contributed by atoms with E-state index in [0.29, 0.717) is 0 Å². The molecule has 0 unspecified atom stereocenters. The number of ether oxygens (including phenoxy) is 1. The number of rotatable bonds is 4. The maximum Gasteiger partial charge on any atom is 0.360 e. The van der Waals surface area contributed by atoms with Crippen LogP contribution in [0.3, 0.4) is 0 Å². The van der Waals surface area contributed by atoms with E-state index >= 15 is 0 Å². The van der Waals surface area contributed by atoms with Crippen molar-refractivity contribution in [3.05, 3.63) is 132 Å². The molecule has 1 amide bonds. The van der Waals surface area contributed by atoms with Crippen LogP contribution >= 0.6 is 0 Å². The highest BCUT2D eigenvalue weighted by atomic mass is 16.5. The summed E-state index contributed by atoms with van der Waals surface area (Å²) in [6, 6.07) is 8.54. The number of para-hydroxylation sites is 1. The number of pyridine rings is 2. The highest BCUT2D eigenvalue weighted by Gasteiger charge is 2.17. The van der Waals surface area contributed by atoms with Crippen LogP contribution in [0.15, 0.2) is 87.0 Å². The van der Waals surface area contributed by atoms with E-state index in [1.807, 2.05) is 6.08 Å². The Balaban J connectivity index is 0.000000346. The maximum absolute atomic E-state index is 11.0. The van der Waals surface area contributed by atoms with Gasteiger partial charge in [-0.2, -0.15) is 0 Å². The summed E-state index contributed by atoms with van der Waals surface area (Å²) < 4.78 is 4.40. The third-order valence-electron chi connectivity index (χ3n) is 6.20. The minimum atomic E-state index is -1.34. The first-order chi connectivity index (χ1) is 25.8. The van der Waals surface area contributed by atoms with E-state index in [4.69, 9.17) is 46.4 Å². The number of aromatic amines is 2. The SMILES string of the molecule is CNC(=O)c1cc[nH]c(=O)c1O.COC(=O)c1nc(C)[nH]c(=O)c1O.N=C1C=CCC=C1O.O=C(O)c1cccc(=O)n1O.O=C(O)c1cccc(O)c1O. The second-order valence-electron chi connectivity index (χ2n) is 9.97. The Kier molecular flexibility index (Phi) is 17.3. The number of hydrogen-bond acceptors (Lipinski definition) is 16. The fourth-order valence-corrected chi connectivity index (χ4v) is 3.52. The van der Waals surface area contributed by atoms with Crippen LogP contribution in [0.1, 0.15) is 53.9 Å². The van der Waals surface area contributed by atoms with Gasteiger partial charge >= 0.3 is 17.9 Å². The number of aryl methyl sites for hydroxylation is 1. The van der Waals surface area contributed by atoms with Gasteiger partial charge in [0, 0.05) is 19.3 Å². The Morgan fingerprint density at radius 1 is 0.873 bits per heavy atom. The number of carbonyl (C=O) groups excluding carboxylic acids is 2. The predicted molar refractivity (Wildman–Crippen MR) is 188 cm³/mol. The number of aromatic hydroxyl groups is 4. The molecule has 55 heavy (non-hydrogen) atoms. The molecule has 0 bridgehead atoms. The van der Waals surface area contributed by atoms with Gasteiger partial charge in [-0.25, -0.2) is 19.4 Å². The number of nitrogens with one attached hydrogen (secondary N) is 4. The summed E-state index contributed by atoms with van der Waals surface area (Å²) in [5, 5.41) is 79.6. The lowest BCUT2D eigenvalue weighted by Gasteiger charge is -2.00. The van der Waals surface area contributed by atoms with Gasteiger partial charge in [0.2, 0.25) is 5.75 Å². The van der Waals surface area contributed by atoms with Crippen molar-refractivity contribution in [3.8, 4) is 23.0 Å². The van der Waals surface area contributed by atoms with Gasteiger partial charge in [-0.3, -0.25) is 24.6 Å². The molecular formula is C33H34N6O16. The van der Waals surface area contributed by atoms with Gasteiger partial charge in [-0.15, -0.1) is 4.73 Å². The highest BCUT2D eigenvalue weighted by molar-refractivity contribution is 6.05. The number of aliphatic hydroxyl groups excluding tert-OH is 1. The number of amides is 1. The normalized spacial score (nSPS) is 10.8. The molecule has 22 heteroatoms. The number of nitrogens with zero attached hydrogens (tertiary/aromatic N) is 2. The lowest BCUT2D eigenvalue weighted by atomic mass is 10.1. The molecule has 0 saturated heterocycles. The number of aliphatic hydroxyl groups is 1. The number of aromatic carboxylic acids is 2. The molecule has 0 atom stereocenters. The largest absolute Gasteiger partial charge is 0.506 e. The minimum Gasteiger partial charge on any atom is -0.506 e. The van der Waals surface area contributed by atoms with Crippen LogP contribution in [0.25, 0.3) is 0 Å². The van der Waals surface area contributed by atoms with Crippen molar-refractivity contribution < 1.29 is 64.9 Å². The number of methoxy groups -OCH3 is 1. The Bertz CT molecular complexity index is 2290. The van der Waals surface area contributed by atoms with Crippen molar-refractivity contribution >= 4 is 29.5 Å². The first kappa shape index (κ1) is 44.9. The Morgan fingerprint density at radius 3 is 2.00 bits per heavy atom. The standard InChI is InChI=1S/C7H8N2O4.C7H8N2O3.C7H6O4.C6H5NO4.C6H7NO/c1-3-8-4(7(12)13-2)5(10)6(11)9-3;1-8-6(11)4-2-3-9-7(12)5(4)10;8-5-3-1-2-4(6(5)9)7(10)11;8-5-3-1-2-4(6(9)10)7(5)11;7-5-3-1-2-4-6(5)8/h10H,1-2H3,(H,8,9,11);2-3,10H,1H3,(H,8,11)(H,9,12);1-3,8-9H,(H,10,11);1-3,11H,(H,9,10);1,3-4,7-8H,2H2. The number of hydrogen-bond donors (Lipinski definition) is 12. The number of allylic oxidation sites excluding steroid dienone is 3. The maximum atomic E-state index is 11.0.